The molecule has 0 aromatic carbocycles. The maximum Gasteiger partial charge on any atom is 0.193 e. The van der Waals surface area contributed by atoms with E-state index in [0.29, 0.717) is 18.4 Å². The minimum absolute atomic E-state index is 0.397. The Kier molecular flexibility index (Phi) is 3.84. The molecule has 0 aliphatic carbocycles. The third-order valence-electron chi connectivity index (χ3n) is 1.46. The summed E-state index contributed by atoms with van der Waals surface area (Å²) in [6.07, 6.45) is 4.75. The topological polar surface area (TPSA) is 76.2 Å². The third kappa shape index (κ3) is 3.84. The van der Waals surface area contributed by atoms with Crippen LogP contribution in [0.5, 0.6) is 0 Å². The van der Waals surface area contributed by atoms with Crippen molar-refractivity contribution in [2.45, 2.75) is 13.8 Å². The molecular formula is C9H15N5. The van der Waals surface area contributed by atoms with Gasteiger partial charge < -0.3 is 11.1 Å². The molecule has 0 saturated carbocycles. The van der Waals surface area contributed by atoms with Crippen molar-refractivity contribution >= 4 is 11.6 Å². The molecule has 0 spiro atoms. The molecule has 1 aromatic rings. The predicted octanol–water partition coefficient (Wildman–Crippen LogP) is 0.859. The molecule has 0 bridgehead atoms. The van der Waals surface area contributed by atoms with Crippen LogP contribution in [-0.4, -0.2) is 22.5 Å². The van der Waals surface area contributed by atoms with Crippen LogP contribution >= 0.6 is 0 Å². The van der Waals surface area contributed by atoms with Crippen molar-refractivity contribution in [1.29, 1.82) is 0 Å². The number of nitrogens with zero attached hydrogens (tertiary/aromatic N) is 3. The van der Waals surface area contributed by atoms with Gasteiger partial charge in [-0.15, -0.1) is 0 Å². The van der Waals surface area contributed by atoms with Gasteiger partial charge in [0.2, 0.25) is 0 Å². The first-order valence-corrected chi connectivity index (χ1v) is 4.50. The number of nitrogens with one attached hydrogen (secondary N) is 1. The first-order chi connectivity index (χ1) is 6.68. The lowest BCUT2D eigenvalue weighted by Crippen LogP contribution is -2.23. The summed E-state index contributed by atoms with van der Waals surface area (Å²) in [6, 6.07) is 0. The second-order valence-electron chi connectivity index (χ2n) is 3.37. The molecule has 76 valence electrons. The number of anilines is 1. The second-order valence-corrected chi connectivity index (χ2v) is 3.37. The molecule has 0 atom stereocenters. The average Bonchev–Trinajstić information content (AvgIpc) is 2.16. The summed E-state index contributed by atoms with van der Waals surface area (Å²) in [5, 5.41) is 2.90. The molecule has 0 aliphatic heterocycles. The summed E-state index contributed by atoms with van der Waals surface area (Å²) in [5.74, 6) is 0.899. The van der Waals surface area contributed by atoms with Crippen LogP contribution in [0.3, 0.4) is 0 Å². The molecule has 5 nitrogen and oxygen atoms in total. The monoisotopic (exact) mass is 193 g/mol. The normalized spacial score (nSPS) is 11.8. The highest BCUT2D eigenvalue weighted by molar-refractivity contribution is 5.91. The van der Waals surface area contributed by atoms with E-state index in [1.807, 2.05) is 0 Å². The average molecular weight is 193 g/mol. The van der Waals surface area contributed by atoms with E-state index in [1.165, 1.54) is 6.33 Å². The second kappa shape index (κ2) is 5.16. The number of hydrogen-bond donors (Lipinski definition) is 2. The Morgan fingerprint density at radius 2 is 2.14 bits per heavy atom. The summed E-state index contributed by atoms with van der Waals surface area (Å²) in [6.45, 7) is 4.89. The van der Waals surface area contributed by atoms with Gasteiger partial charge in [0.25, 0.3) is 0 Å². The molecule has 1 heterocycles. The van der Waals surface area contributed by atoms with Gasteiger partial charge in [0.1, 0.15) is 6.33 Å². The minimum atomic E-state index is 0.397. The van der Waals surface area contributed by atoms with Gasteiger partial charge >= 0.3 is 0 Å². The summed E-state index contributed by atoms with van der Waals surface area (Å²) in [7, 11) is 0. The standard InChI is InChI=1S/C9H15N5/c1-7(2)3-13-9(10)14-8-4-11-6-12-5-8/h4-7H,3H2,1-2H3,(H3,10,13,14). The molecule has 0 unspecified atom stereocenters. The molecule has 0 fully saturated rings. The summed E-state index contributed by atoms with van der Waals surface area (Å²) in [5.41, 5.74) is 6.39. The van der Waals surface area contributed by atoms with E-state index in [0.717, 1.165) is 5.69 Å². The molecular weight excluding hydrogens is 178 g/mol. The molecule has 0 saturated heterocycles. The maximum atomic E-state index is 5.64. The highest BCUT2D eigenvalue weighted by atomic mass is 15.1. The lowest BCUT2D eigenvalue weighted by molar-refractivity contribution is 0.665. The molecule has 3 N–H and O–H groups in total. The SMILES string of the molecule is CC(C)CN=C(N)Nc1cncnc1. The zero-order chi connectivity index (χ0) is 10.4. The van der Waals surface area contributed by atoms with Crippen LogP contribution in [0.15, 0.2) is 23.7 Å². The van der Waals surface area contributed by atoms with Crippen molar-refractivity contribution in [2.24, 2.45) is 16.6 Å². The van der Waals surface area contributed by atoms with Crippen LogP contribution < -0.4 is 11.1 Å². The van der Waals surface area contributed by atoms with E-state index < -0.39 is 0 Å². The number of guanidine groups is 1. The summed E-state index contributed by atoms with van der Waals surface area (Å²) < 4.78 is 0. The van der Waals surface area contributed by atoms with Gasteiger partial charge in [-0.1, -0.05) is 13.8 Å². The van der Waals surface area contributed by atoms with Gasteiger partial charge in [0.05, 0.1) is 18.1 Å². The van der Waals surface area contributed by atoms with Crippen LogP contribution in [-0.2, 0) is 0 Å². The van der Waals surface area contributed by atoms with E-state index in [2.05, 4.69) is 34.1 Å². The quantitative estimate of drug-likeness (QED) is 0.551. The van der Waals surface area contributed by atoms with E-state index in [9.17, 15) is 0 Å². The third-order valence-corrected chi connectivity index (χ3v) is 1.46. The number of nitrogens with two attached hydrogens (primary N) is 1. The van der Waals surface area contributed by atoms with Crippen molar-refractivity contribution in [1.82, 2.24) is 9.97 Å². The zero-order valence-corrected chi connectivity index (χ0v) is 8.44. The van der Waals surface area contributed by atoms with Gasteiger partial charge in [-0.25, -0.2) is 9.97 Å². The van der Waals surface area contributed by atoms with Crippen LogP contribution in [0.4, 0.5) is 5.69 Å². The van der Waals surface area contributed by atoms with Gasteiger partial charge in [-0.3, -0.25) is 4.99 Å². The van der Waals surface area contributed by atoms with E-state index >= 15 is 0 Å². The van der Waals surface area contributed by atoms with Crippen LogP contribution in [0, 0.1) is 5.92 Å². The first-order valence-electron chi connectivity index (χ1n) is 4.50. The number of hydrogen-bond acceptors (Lipinski definition) is 3. The Balaban J connectivity index is 2.49. The lowest BCUT2D eigenvalue weighted by atomic mass is 10.2. The molecule has 1 rings (SSSR count). The summed E-state index contributed by atoms with van der Waals surface area (Å²) >= 11 is 0. The molecule has 14 heavy (non-hydrogen) atoms. The van der Waals surface area contributed by atoms with Gasteiger partial charge in [0.15, 0.2) is 5.96 Å². The maximum absolute atomic E-state index is 5.64. The van der Waals surface area contributed by atoms with Gasteiger partial charge in [-0.2, -0.15) is 0 Å². The Labute approximate surface area is 83.5 Å². The van der Waals surface area contributed by atoms with Crippen molar-refractivity contribution in [2.75, 3.05) is 11.9 Å². The predicted molar refractivity (Wildman–Crippen MR) is 57.0 cm³/mol. The van der Waals surface area contributed by atoms with Crippen LogP contribution in [0.25, 0.3) is 0 Å². The largest absolute Gasteiger partial charge is 0.370 e. The Morgan fingerprint density at radius 3 is 2.71 bits per heavy atom. The zero-order valence-electron chi connectivity index (χ0n) is 8.44. The molecule has 0 amide bonds. The van der Waals surface area contributed by atoms with E-state index in [-0.39, 0.29) is 0 Å². The molecule has 5 heteroatoms. The van der Waals surface area contributed by atoms with Crippen molar-refractivity contribution in [3.05, 3.63) is 18.7 Å². The fraction of sp³-hybridized carbons (Fsp3) is 0.444. The number of aromatic nitrogens is 2. The highest BCUT2D eigenvalue weighted by Gasteiger charge is 1.95. The van der Waals surface area contributed by atoms with E-state index in [1.54, 1.807) is 12.4 Å². The van der Waals surface area contributed by atoms with Crippen molar-refractivity contribution in [3.8, 4) is 0 Å². The fourth-order valence-corrected chi connectivity index (χ4v) is 0.832. The Hall–Kier alpha value is -1.65. The molecule has 0 aliphatic rings. The van der Waals surface area contributed by atoms with Crippen molar-refractivity contribution in [3.63, 3.8) is 0 Å². The first kappa shape index (κ1) is 10.4. The minimum Gasteiger partial charge on any atom is -0.370 e. The van der Waals surface area contributed by atoms with Gasteiger partial charge in [0, 0.05) is 6.54 Å². The highest BCUT2D eigenvalue weighted by Crippen LogP contribution is 1.99. The smallest absolute Gasteiger partial charge is 0.193 e. The summed E-state index contributed by atoms with van der Waals surface area (Å²) in [4.78, 5) is 11.8. The van der Waals surface area contributed by atoms with Gasteiger partial charge in [-0.05, 0) is 5.92 Å². The number of aliphatic imine (C=N–C) groups is 1. The Morgan fingerprint density at radius 1 is 1.50 bits per heavy atom. The van der Waals surface area contributed by atoms with Crippen molar-refractivity contribution < 1.29 is 0 Å². The molecule has 1 aromatic heterocycles. The Bertz CT molecular complexity index is 293. The lowest BCUT2D eigenvalue weighted by Gasteiger charge is -2.05. The van der Waals surface area contributed by atoms with Crippen LogP contribution in [0.1, 0.15) is 13.8 Å². The van der Waals surface area contributed by atoms with Crippen LogP contribution in [0.2, 0.25) is 0 Å². The number of rotatable bonds is 3. The molecule has 0 radical (unpaired) electrons. The fourth-order valence-electron chi connectivity index (χ4n) is 0.832. The van der Waals surface area contributed by atoms with E-state index in [4.69, 9.17) is 5.73 Å².